The van der Waals surface area contributed by atoms with Gasteiger partial charge >= 0.3 is 0 Å². The van der Waals surface area contributed by atoms with Crippen LogP contribution in [0.4, 0.5) is 0 Å². The zero-order valence-corrected chi connectivity index (χ0v) is 12.7. The van der Waals surface area contributed by atoms with Crippen molar-refractivity contribution in [3.05, 3.63) is 12.3 Å². The molecule has 112 valence electrons. The Labute approximate surface area is 120 Å². The summed E-state index contributed by atoms with van der Waals surface area (Å²) in [5, 5.41) is 0. The van der Waals surface area contributed by atoms with Crippen molar-refractivity contribution in [3.8, 4) is 0 Å². The molecule has 1 atom stereocenters. The van der Waals surface area contributed by atoms with Crippen LogP contribution in [0, 0.1) is 5.92 Å². The van der Waals surface area contributed by atoms with Crippen molar-refractivity contribution < 1.29 is 12.6 Å². The van der Waals surface area contributed by atoms with Gasteiger partial charge in [-0.05, 0) is 37.7 Å². The van der Waals surface area contributed by atoms with Gasteiger partial charge in [0.15, 0.2) is 0 Å². The summed E-state index contributed by atoms with van der Waals surface area (Å²) in [7, 11) is -1.38. The Bertz CT molecular complexity index is 515. The molecule has 0 N–H and O–H groups in total. The number of nitrogens with zero attached hydrogens (tertiary/aromatic N) is 3. The molecule has 0 bridgehead atoms. The van der Waals surface area contributed by atoms with Crippen molar-refractivity contribution in [2.75, 3.05) is 19.9 Å². The monoisotopic (exact) mass is 299 g/mol. The molecule has 0 aromatic heterocycles. The molecule has 7 heteroatoms. The van der Waals surface area contributed by atoms with Crippen molar-refractivity contribution in [1.82, 2.24) is 4.90 Å². The number of allylic oxidation sites excluding steroid dienone is 1. The molecule has 20 heavy (non-hydrogen) atoms. The van der Waals surface area contributed by atoms with Crippen LogP contribution in [0.5, 0.6) is 0 Å². The van der Waals surface area contributed by atoms with E-state index < -0.39 is 10.1 Å². The first kappa shape index (κ1) is 15.2. The quantitative estimate of drug-likeness (QED) is 0.736. The van der Waals surface area contributed by atoms with Crippen LogP contribution in [-0.4, -0.2) is 51.4 Å². The van der Waals surface area contributed by atoms with Gasteiger partial charge in [0.1, 0.15) is 0 Å². The molecule has 1 saturated carbocycles. The molecular formula is C13H21N3O3S. The number of hydrogen-bond donors (Lipinski definition) is 0. The second kappa shape index (κ2) is 6.49. The third-order valence-corrected chi connectivity index (χ3v) is 4.05. The van der Waals surface area contributed by atoms with E-state index in [0.29, 0.717) is 5.92 Å². The number of aliphatic imine (C=N–C) groups is 2. The summed E-state index contributed by atoms with van der Waals surface area (Å²) in [6.07, 6.45) is 10.2. The average Bonchev–Trinajstić information content (AvgIpc) is 2.40. The molecule has 0 aromatic rings. The summed E-state index contributed by atoms with van der Waals surface area (Å²) in [5.74, 6) is 0.302. The van der Waals surface area contributed by atoms with Crippen LogP contribution >= 0.6 is 0 Å². The lowest BCUT2D eigenvalue weighted by Gasteiger charge is -2.26. The summed E-state index contributed by atoms with van der Waals surface area (Å²) in [4.78, 5) is 10.9. The average molecular weight is 299 g/mol. The van der Waals surface area contributed by atoms with E-state index in [1.54, 1.807) is 6.21 Å². The van der Waals surface area contributed by atoms with Gasteiger partial charge in [0, 0.05) is 25.2 Å². The smallest absolute Gasteiger partial charge is 0.264 e. The van der Waals surface area contributed by atoms with Gasteiger partial charge in [0.25, 0.3) is 10.1 Å². The SMILES string of the molecule is CN1C=CC=NC1N=C1CCC(COS(C)(=O)=O)CC1. The van der Waals surface area contributed by atoms with E-state index in [2.05, 4.69) is 9.98 Å². The van der Waals surface area contributed by atoms with Crippen LogP contribution < -0.4 is 0 Å². The van der Waals surface area contributed by atoms with E-state index in [-0.39, 0.29) is 12.9 Å². The maximum absolute atomic E-state index is 11.0. The molecule has 0 aromatic carbocycles. The van der Waals surface area contributed by atoms with Gasteiger partial charge in [-0.2, -0.15) is 8.42 Å². The largest absolute Gasteiger partial charge is 0.341 e. The van der Waals surface area contributed by atoms with Gasteiger partial charge in [0.2, 0.25) is 6.29 Å². The lowest BCUT2D eigenvalue weighted by molar-refractivity contribution is 0.236. The first-order valence-electron chi connectivity index (χ1n) is 6.76. The third kappa shape index (κ3) is 4.72. The second-order valence-corrected chi connectivity index (χ2v) is 6.92. The Morgan fingerprint density at radius 2 is 2.15 bits per heavy atom. The lowest BCUT2D eigenvalue weighted by atomic mass is 9.88. The molecule has 1 fully saturated rings. The number of rotatable bonds is 4. The topological polar surface area (TPSA) is 71.3 Å². The van der Waals surface area contributed by atoms with Gasteiger partial charge in [-0.25, -0.2) is 9.98 Å². The molecule has 0 amide bonds. The first-order valence-corrected chi connectivity index (χ1v) is 8.57. The minimum atomic E-state index is -3.33. The summed E-state index contributed by atoms with van der Waals surface area (Å²) in [6, 6.07) is 0. The zero-order chi connectivity index (χ0) is 14.6. The van der Waals surface area contributed by atoms with Crippen molar-refractivity contribution in [3.63, 3.8) is 0 Å². The molecule has 1 unspecified atom stereocenters. The normalized spacial score (nSPS) is 26.9. The van der Waals surface area contributed by atoms with Crippen molar-refractivity contribution in [2.45, 2.75) is 32.0 Å². The van der Waals surface area contributed by atoms with Gasteiger partial charge < -0.3 is 4.90 Å². The Morgan fingerprint density at radius 3 is 2.75 bits per heavy atom. The van der Waals surface area contributed by atoms with Crippen LogP contribution in [-0.2, 0) is 14.3 Å². The summed E-state index contributed by atoms with van der Waals surface area (Å²) in [6.45, 7) is 0.288. The van der Waals surface area contributed by atoms with Gasteiger partial charge in [-0.3, -0.25) is 4.18 Å². The fourth-order valence-electron chi connectivity index (χ4n) is 2.30. The molecule has 0 radical (unpaired) electrons. The van der Waals surface area contributed by atoms with Crippen LogP contribution in [0.1, 0.15) is 25.7 Å². The summed E-state index contributed by atoms with van der Waals surface area (Å²) < 4.78 is 26.8. The third-order valence-electron chi connectivity index (χ3n) is 3.49. The molecule has 2 aliphatic rings. The van der Waals surface area contributed by atoms with E-state index in [9.17, 15) is 8.42 Å². The number of hydrogen-bond acceptors (Lipinski definition) is 6. The van der Waals surface area contributed by atoms with Crippen molar-refractivity contribution in [2.24, 2.45) is 15.9 Å². The highest BCUT2D eigenvalue weighted by Gasteiger charge is 2.21. The van der Waals surface area contributed by atoms with Gasteiger partial charge in [0.05, 0.1) is 12.9 Å². The van der Waals surface area contributed by atoms with Crippen LogP contribution in [0.3, 0.4) is 0 Å². The standard InChI is InChI=1S/C13H21N3O3S/c1-16-9-3-8-14-13(16)15-12-6-4-11(5-7-12)10-19-20(2,17)18/h3,8-9,11,13H,4-7,10H2,1-2H3. The highest BCUT2D eigenvalue weighted by Crippen LogP contribution is 2.24. The van der Waals surface area contributed by atoms with Gasteiger partial charge in [-0.1, -0.05) is 0 Å². The molecule has 0 saturated heterocycles. The first-order chi connectivity index (χ1) is 9.44. The molecule has 2 rings (SSSR count). The summed E-state index contributed by atoms with van der Waals surface area (Å²) >= 11 is 0. The molecule has 1 aliphatic carbocycles. The lowest BCUT2D eigenvalue weighted by Crippen LogP contribution is -2.28. The van der Waals surface area contributed by atoms with Gasteiger partial charge in [-0.15, -0.1) is 0 Å². The van der Waals surface area contributed by atoms with Crippen LogP contribution in [0.25, 0.3) is 0 Å². The molecule has 6 nitrogen and oxygen atoms in total. The second-order valence-electron chi connectivity index (χ2n) is 5.28. The predicted octanol–water partition coefficient (Wildman–Crippen LogP) is 1.41. The van der Waals surface area contributed by atoms with Crippen molar-refractivity contribution in [1.29, 1.82) is 0 Å². The molecule has 1 heterocycles. The Balaban J connectivity index is 1.82. The predicted molar refractivity (Wildman–Crippen MR) is 79.4 cm³/mol. The fourth-order valence-corrected chi connectivity index (χ4v) is 2.74. The summed E-state index contributed by atoms with van der Waals surface area (Å²) in [5.41, 5.74) is 1.16. The van der Waals surface area contributed by atoms with E-state index in [4.69, 9.17) is 4.18 Å². The molecular weight excluding hydrogens is 278 g/mol. The van der Waals surface area contributed by atoms with Crippen LogP contribution in [0.15, 0.2) is 22.3 Å². The molecule has 1 aliphatic heterocycles. The van der Waals surface area contributed by atoms with Crippen LogP contribution in [0.2, 0.25) is 0 Å². The minimum Gasteiger partial charge on any atom is -0.341 e. The highest BCUT2D eigenvalue weighted by molar-refractivity contribution is 7.85. The fraction of sp³-hybridized carbons (Fsp3) is 0.692. The maximum Gasteiger partial charge on any atom is 0.264 e. The Hall–Kier alpha value is -1.21. The van der Waals surface area contributed by atoms with E-state index >= 15 is 0 Å². The highest BCUT2D eigenvalue weighted by atomic mass is 32.2. The van der Waals surface area contributed by atoms with Crippen molar-refractivity contribution >= 4 is 22.0 Å². The Kier molecular flexibility index (Phi) is 4.93. The minimum absolute atomic E-state index is 0.154. The zero-order valence-electron chi connectivity index (χ0n) is 11.9. The molecule has 0 spiro atoms. The Morgan fingerprint density at radius 1 is 1.45 bits per heavy atom. The maximum atomic E-state index is 11.0. The van der Waals surface area contributed by atoms with E-state index in [0.717, 1.165) is 37.7 Å². The van der Waals surface area contributed by atoms with E-state index in [1.165, 1.54) is 0 Å². The van der Waals surface area contributed by atoms with E-state index in [1.807, 2.05) is 24.2 Å².